The van der Waals surface area contributed by atoms with E-state index < -0.39 is 0 Å². The predicted molar refractivity (Wildman–Crippen MR) is 79.3 cm³/mol. The quantitative estimate of drug-likeness (QED) is 0.903. The molecule has 0 bridgehead atoms. The number of aryl methyl sites for hydroxylation is 1. The van der Waals surface area contributed by atoms with E-state index in [9.17, 15) is 4.79 Å². The number of hydrogen-bond acceptors (Lipinski definition) is 4. The summed E-state index contributed by atoms with van der Waals surface area (Å²) >= 11 is 0. The van der Waals surface area contributed by atoms with Crippen molar-refractivity contribution in [3.05, 3.63) is 41.7 Å². The molecule has 0 fully saturated rings. The number of benzene rings is 1. The largest absolute Gasteiger partial charge is 0.494 e. The molecule has 0 radical (unpaired) electrons. The van der Waals surface area contributed by atoms with E-state index in [-0.39, 0.29) is 12.1 Å². The topological polar surface area (TPSA) is 68.2 Å². The maximum Gasteiger partial charge on any atom is 0.255 e. The maximum atomic E-state index is 12.3. The Morgan fingerprint density at radius 3 is 2.90 bits per heavy atom. The van der Waals surface area contributed by atoms with Crippen molar-refractivity contribution in [3.63, 3.8) is 0 Å². The van der Waals surface area contributed by atoms with Crippen molar-refractivity contribution >= 4 is 11.6 Å². The highest BCUT2D eigenvalue weighted by Crippen LogP contribution is 2.29. The van der Waals surface area contributed by atoms with Gasteiger partial charge in [-0.05, 0) is 32.0 Å². The Labute approximate surface area is 123 Å². The Morgan fingerprint density at radius 2 is 2.19 bits per heavy atom. The van der Waals surface area contributed by atoms with Crippen LogP contribution in [-0.4, -0.2) is 22.3 Å². The number of hydrogen-bond donors (Lipinski definition) is 2. The zero-order valence-electron chi connectivity index (χ0n) is 12.1. The second-order valence-electron chi connectivity index (χ2n) is 4.82. The molecule has 1 aliphatic heterocycles. The fraction of sp³-hybridized carbons (Fsp3) is 0.333. The van der Waals surface area contributed by atoms with Gasteiger partial charge in [-0.3, -0.25) is 9.48 Å². The van der Waals surface area contributed by atoms with E-state index in [4.69, 9.17) is 4.74 Å². The Hall–Kier alpha value is -2.50. The summed E-state index contributed by atoms with van der Waals surface area (Å²) < 4.78 is 7.26. The first-order chi connectivity index (χ1) is 10.2. The summed E-state index contributed by atoms with van der Waals surface area (Å²) in [5.74, 6) is 0.588. The lowest BCUT2D eigenvalue weighted by Crippen LogP contribution is -2.38. The number of fused-ring (bicyclic) bond motifs is 1. The molecular weight excluding hydrogens is 268 g/mol. The van der Waals surface area contributed by atoms with Crippen LogP contribution in [0, 0.1) is 0 Å². The van der Waals surface area contributed by atoms with E-state index in [2.05, 4.69) is 15.7 Å². The van der Waals surface area contributed by atoms with E-state index in [0.29, 0.717) is 17.9 Å². The summed E-state index contributed by atoms with van der Waals surface area (Å²) in [6.07, 6.45) is 3.43. The third kappa shape index (κ3) is 2.56. The number of carbonyl (C=O) groups excluding carboxylic acids is 1. The number of ether oxygens (including phenoxy) is 1. The third-order valence-electron chi connectivity index (χ3n) is 3.43. The molecule has 0 unspecified atom stereocenters. The maximum absolute atomic E-state index is 12.3. The van der Waals surface area contributed by atoms with Crippen molar-refractivity contribution in [2.24, 2.45) is 0 Å². The van der Waals surface area contributed by atoms with E-state index in [1.54, 1.807) is 12.3 Å². The van der Waals surface area contributed by atoms with Gasteiger partial charge in [0.25, 0.3) is 5.91 Å². The van der Waals surface area contributed by atoms with Crippen LogP contribution in [0.4, 0.5) is 5.69 Å². The van der Waals surface area contributed by atoms with E-state index >= 15 is 0 Å². The summed E-state index contributed by atoms with van der Waals surface area (Å²) in [6.45, 7) is 5.31. The first kappa shape index (κ1) is 13.5. The number of nitrogens with zero attached hydrogens (tertiary/aromatic N) is 2. The number of carbonyl (C=O) groups is 1. The number of amides is 1. The van der Waals surface area contributed by atoms with Gasteiger partial charge < -0.3 is 15.4 Å². The molecule has 1 atom stereocenters. The lowest BCUT2D eigenvalue weighted by molar-refractivity contribution is 0.0935. The van der Waals surface area contributed by atoms with Crippen LogP contribution in [0.3, 0.4) is 0 Å². The molecule has 1 aromatic carbocycles. The fourth-order valence-corrected chi connectivity index (χ4v) is 2.36. The average Bonchev–Trinajstić information content (AvgIpc) is 2.97. The molecular formula is C15H18N4O2. The van der Waals surface area contributed by atoms with Gasteiger partial charge in [0.2, 0.25) is 0 Å². The molecule has 2 aromatic rings. The Kier molecular flexibility index (Phi) is 3.51. The summed E-state index contributed by atoms with van der Waals surface area (Å²) in [4.78, 5) is 12.3. The van der Waals surface area contributed by atoms with Crippen molar-refractivity contribution in [3.8, 4) is 5.75 Å². The highest BCUT2D eigenvalue weighted by molar-refractivity contribution is 6.02. The van der Waals surface area contributed by atoms with Gasteiger partial charge in [-0.1, -0.05) is 0 Å². The lowest BCUT2D eigenvalue weighted by atomic mass is 10.1. The molecule has 1 aromatic heterocycles. The monoisotopic (exact) mass is 286 g/mol. The number of anilines is 1. The van der Waals surface area contributed by atoms with Crippen molar-refractivity contribution in [1.29, 1.82) is 0 Å². The molecule has 110 valence electrons. The lowest BCUT2D eigenvalue weighted by Gasteiger charge is -2.27. The minimum Gasteiger partial charge on any atom is -0.494 e. The van der Waals surface area contributed by atoms with Crippen molar-refractivity contribution in [1.82, 2.24) is 15.1 Å². The third-order valence-corrected chi connectivity index (χ3v) is 3.43. The Bertz CT molecular complexity index is 665. The van der Waals surface area contributed by atoms with Crippen LogP contribution < -0.4 is 15.4 Å². The Balaban J connectivity index is 1.86. The van der Waals surface area contributed by atoms with Gasteiger partial charge in [0, 0.05) is 24.0 Å². The molecule has 3 rings (SSSR count). The molecule has 6 heteroatoms. The highest BCUT2D eigenvalue weighted by Gasteiger charge is 2.25. The first-order valence-corrected chi connectivity index (χ1v) is 7.08. The highest BCUT2D eigenvalue weighted by atomic mass is 16.5. The van der Waals surface area contributed by atoms with E-state index in [0.717, 1.165) is 17.8 Å². The molecule has 2 N–H and O–H groups in total. The predicted octanol–water partition coefficient (Wildman–Crippen LogP) is 2.16. The molecule has 0 spiro atoms. The van der Waals surface area contributed by atoms with Crippen molar-refractivity contribution < 1.29 is 9.53 Å². The number of rotatable bonds is 4. The van der Waals surface area contributed by atoms with E-state index in [1.165, 1.54) is 0 Å². The molecule has 21 heavy (non-hydrogen) atoms. The molecule has 0 saturated carbocycles. The van der Waals surface area contributed by atoms with Crippen LogP contribution in [0.5, 0.6) is 5.75 Å². The van der Waals surface area contributed by atoms with Gasteiger partial charge in [0.15, 0.2) is 0 Å². The van der Waals surface area contributed by atoms with Crippen LogP contribution in [0.25, 0.3) is 0 Å². The summed E-state index contributed by atoms with van der Waals surface area (Å²) in [6, 6.07) is 5.49. The Morgan fingerprint density at radius 1 is 1.33 bits per heavy atom. The smallest absolute Gasteiger partial charge is 0.255 e. The summed E-state index contributed by atoms with van der Waals surface area (Å²) in [7, 11) is 0. The second-order valence-corrected chi connectivity index (χ2v) is 4.82. The van der Waals surface area contributed by atoms with Gasteiger partial charge >= 0.3 is 0 Å². The minimum atomic E-state index is -0.261. The van der Waals surface area contributed by atoms with Crippen molar-refractivity contribution in [2.75, 3.05) is 11.9 Å². The molecule has 6 nitrogen and oxygen atoms in total. The molecule has 1 amide bonds. The number of aromatic nitrogens is 2. The minimum absolute atomic E-state index is 0.112. The molecule has 0 saturated heterocycles. The molecule has 0 aliphatic carbocycles. The van der Waals surface area contributed by atoms with Crippen LogP contribution >= 0.6 is 0 Å². The fourth-order valence-electron chi connectivity index (χ4n) is 2.36. The van der Waals surface area contributed by atoms with Gasteiger partial charge in [0.1, 0.15) is 11.9 Å². The van der Waals surface area contributed by atoms with Gasteiger partial charge in [0.05, 0.1) is 18.4 Å². The van der Waals surface area contributed by atoms with Gasteiger partial charge in [-0.15, -0.1) is 0 Å². The SMILES string of the molecule is CCOc1ccc2c(c1)C(=O)N[C@@H](c1cnn(CC)c1)N2. The first-order valence-electron chi connectivity index (χ1n) is 7.08. The summed E-state index contributed by atoms with van der Waals surface area (Å²) in [5, 5.41) is 10.5. The van der Waals surface area contributed by atoms with Crippen molar-refractivity contribution in [2.45, 2.75) is 26.6 Å². The van der Waals surface area contributed by atoms with Crippen LogP contribution in [-0.2, 0) is 6.54 Å². The summed E-state index contributed by atoms with van der Waals surface area (Å²) in [5.41, 5.74) is 2.33. The van der Waals surface area contributed by atoms with Gasteiger partial charge in [-0.2, -0.15) is 5.10 Å². The molecule has 1 aliphatic rings. The molecule has 2 heterocycles. The van der Waals surface area contributed by atoms with Crippen LogP contribution in [0.2, 0.25) is 0 Å². The zero-order valence-corrected chi connectivity index (χ0v) is 12.1. The average molecular weight is 286 g/mol. The zero-order chi connectivity index (χ0) is 14.8. The van der Waals surface area contributed by atoms with Crippen LogP contribution in [0.1, 0.15) is 35.9 Å². The van der Waals surface area contributed by atoms with Gasteiger partial charge in [-0.25, -0.2) is 0 Å². The van der Waals surface area contributed by atoms with Crippen LogP contribution in [0.15, 0.2) is 30.6 Å². The standard InChI is InChI=1S/C15H18N4O2/c1-3-19-9-10(8-16-19)14-17-13-6-5-11(21-4-2)7-12(13)15(20)18-14/h5-9,14,17H,3-4H2,1-2H3,(H,18,20)/t14-/m0/s1. The van der Waals surface area contributed by atoms with E-state index in [1.807, 2.05) is 36.9 Å². The normalized spacial score (nSPS) is 16.9. The second kappa shape index (κ2) is 5.47. The number of nitrogens with one attached hydrogen (secondary N) is 2.